The predicted octanol–water partition coefficient (Wildman–Crippen LogP) is 6.78. The summed E-state index contributed by atoms with van der Waals surface area (Å²) in [6, 6.07) is 18.8. The molecule has 172 valence electrons. The molecule has 0 atom stereocenters. The first-order valence-electron chi connectivity index (χ1n) is 9.80. The molecule has 0 spiro atoms. The molecular weight excluding hydrogens is 568 g/mol. The molecular formula is C24H19ClF3IN2O2. The van der Waals surface area contributed by atoms with E-state index in [9.17, 15) is 18.0 Å². The van der Waals surface area contributed by atoms with Crippen LogP contribution in [0.25, 0.3) is 0 Å². The normalized spacial score (nSPS) is 11.9. The van der Waals surface area contributed by atoms with Crippen molar-refractivity contribution >= 4 is 51.8 Å². The lowest BCUT2D eigenvalue weighted by Gasteiger charge is -2.25. The highest BCUT2D eigenvalue weighted by atomic mass is 127. The highest BCUT2D eigenvalue weighted by Crippen LogP contribution is 2.32. The number of carbonyl (C=O) groups is 1. The van der Waals surface area contributed by atoms with Gasteiger partial charge in [-0.1, -0.05) is 54.1 Å². The lowest BCUT2D eigenvalue weighted by Crippen LogP contribution is -2.38. The number of methoxy groups -OCH3 is 1. The van der Waals surface area contributed by atoms with Gasteiger partial charge in [0.1, 0.15) is 11.5 Å². The van der Waals surface area contributed by atoms with Gasteiger partial charge in [0.2, 0.25) is 0 Å². The van der Waals surface area contributed by atoms with Crippen LogP contribution in [0.1, 0.15) is 16.7 Å². The number of rotatable bonds is 7. The van der Waals surface area contributed by atoms with Crippen molar-refractivity contribution in [3.05, 3.63) is 94.5 Å². The Kier molecular flexibility index (Phi) is 8.36. The second-order valence-electron chi connectivity index (χ2n) is 7.02. The van der Waals surface area contributed by atoms with Gasteiger partial charge >= 0.3 is 6.18 Å². The number of halogens is 5. The van der Waals surface area contributed by atoms with Crippen LogP contribution in [0.3, 0.4) is 0 Å². The molecule has 1 amide bonds. The zero-order valence-electron chi connectivity index (χ0n) is 17.4. The number of hydrogen-bond donors (Lipinski definition) is 0. The lowest BCUT2D eigenvalue weighted by molar-refractivity contribution is -0.137. The Morgan fingerprint density at radius 2 is 1.73 bits per heavy atom. The molecule has 0 heterocycles. The van der Waals surface area contributed by atoms with Gasteiger partial charge in [0.25, 0.3) is 5.91 Å². The molecule has 0 unspecified atom stereocenters. The molecule has 0 bridgehead atoms. The SMILES string of the molecule is COc1ccc(Cl)c(N(CCc2ccc(C(F)(F)F)cc2)C(=O)C(=NI)c2ccccc2)c1. The summed E-state index contributed by atoms with van der Waals surface area (Å²) in [6.07, 6.45) is -4.10. The summed E-state index contributed by atoms with van der Waals surface area (Å²) in [5.74, 6) is 0.118. The Balaban J connectivity index is 1.95. The topological polar surface area (TPSA) is 41.9 Å². The molecule has 0 aliphatic rings. The molecule has 0 saturated carbocycles. The van der Waals surface area contributed by atoms with Crippen LogP contribution in [0.5, 0.6) is 5.75 Å². The average molecular weight is 587 g/mol. The number of ether oxygens (including phenoxy) is 1. The first-order valence-corrected chi connectivity index (χ1v) is 11.1. The molecule has 0 aromatic heterocycles. The van der Waals surface area contributed by atoms with Crippen molar-refractivity contribution < 1.29 is 22.7 Å². The van der Waals surface area contributed by atoms with Crippen LogP contribution in [0, 0.1) is 0 Å². The van der Waals surface area contributed by atoms with E-state index in [1.54, 1.807) is 65.3 Å². The third kappa shape index (κ3) is 6.26. The Morgan fingerprint density at radius 3 is 2.30 bits per heavy atom. The second-order valence-corrected chi connectivity index (χ2v) is 7.91. The fraction of sp³-hybridized carbons (Fsp3) is 0.167. The molecule has 0 aliphatic carbocycles. The van der Waals surface area contributed by atoms with Crippen LogP contribution in [0.4, 0.5) is 18.9 Å². The van der Waals surface area contributed by atoms with E-state index < -0.39 is 17.6 Å². The molecule has 4 nitrogen and oxygen atoms in total. The number of alkyl halides is 3. The van der Waals surface area contributed by atoms with Crippen molar-refractivity contribution in [3.8, 4) is 5.75 Å². The Hall–Kier alpha value is -2.59. The maximum absolute atomic E-state index is 13.6. The minimum Gasteiger partial charge on any atom is -0.497 e. The monoisotopic (exact) mass is 586 g/mol. The minimum absolute atomic E-state index is 0.166. The van der Waals surface area contributed by atoms with Crippen molar-refractivity contribution in [2.45, 2.75) is 12.6 Å². The summed E-state index contributed by atoms with van der Waals surface area (Å²) in [7, 11) is 1.50. The average Bonchev–Trinajstić information content (AvgIpc) is 2.81. The van der Waals surface area contributed by atoms with Crippen LogP contribution in [0.15, 0.2) is 76.0 Å². The molecule has 3 aromatic rings. The first kappa shape index (κ1) is 25.0. The standard InChI is InChI=1S/C24H19ClF3IN2O2/c1-33-19-11-12-20(25)21(15-19)31(23(32)22(30-29)17-5-3-2-4-6-17)14-13-16-7-9-18(10-8-16)24(26,27)28/h2-12,15H,13-14H2,1H3. The Morgan fingerprint density at radius 1 is 1.06 bits per heavy atom. The van der Waals surface area contributed by atoms with E-state index in [0.29, 0.717) is 34.0 Å². The number of nitrogens with zero attached hydrogens (tertiary/aromatic N) is 2. The quantitative estimate of drug-likeness (QED) is 0.226. The maximum atomic E-state index is 13.6. The van der Waals surface area contributed by atoms with Crippen LogP contribution in [-0.4, -0.2) is 25.3 Å². The molecule has 33 heavy (non-hydrogen) atoms. The van der Waals surface area contributed by atoms with Gasteiger partial charge in [-0.15, -0.1) is 0 Å². The molecule has 0 saturated heterocycles. The highest BCUT2D eigenvalue weighted by Gasteiger charge is 2.30. The number of hydrogen-bond acceptors (Lipinski definition) is 3. The van der Waals surface area contributed by atoms with Gasteiger partial charge in [0, 0.05) is 18.2 Å². The second kappa shape index (κ2) is 11.0. The largest absolute Gasteiger partial charge is 0.497 e. The van der Waals surface area contributed by atoms with E-state index in [1.807, 2.05) is 6.07 Å². The van der Waals surface area contributed by atoms with Crippen molar-refractivity contribution in [1.29, 1.82) is 0 Å². The van der Waals surface area contributed by atoms with Crippen molar-refractivity contribution in [2.24, 2.45) is 3.21 Å². The zero-order valence-corrected chi connectivity index (χ0v) is 20.4. The van der Waals surface area contributed by atoms with Crippen molar-refractivity contribution in [2.75, 3.05) is 18.6 Å². The molecule has 3 aromatic carbocycles. The van der Waals surface area contributed by atoms with Crippen LogP contribution < -0.4 is 9.64 Å². The van der Waals surface area contributed by atoms with E-state index >= 15 is 0 Å². The summed E-state index contributed by atoms with van der Waals surface area (Å²) >= 11 is 8.19. The highest BCUT2D eigenvalue weighted by molar-refractivity contribution is 14.1. The predicted molar refractivity (Wildman–Crippen MR) is 133 cm³/mol. The van der Waals surface area contributed by atoms with E-state index in [1.165, 1.54) is 24.1 Å². The first-order chi connectivity index (χ1) is 15.7. The molecule has 0 fully saturated rings. The van der Waals surface area contributed by atoms with Gasteiger partial charge in [-0.25, -0.2) is 3.21 Å². The number of carbonyl (C=O) groups excluding carboxylic acids is 1. The molecule has 0 radical (unpaired) electrons. The van der Waals surface area contributed by atoms with Crippen LogP contribution >= 0.6 is 34.5 Å². The molecule has 0 aliphatic heterocycles. The minimum atomic E-state index is -4.41. The Labute approximate surface area is 208 Å². The fourth-order valence-corrected chi connectivity index (χ4v) is 3.90. The summed E-state index contributed by atoms with van der Waals surface area (Å²) < 4.78 is 48.1. The van der Waals surface area contributed by atoms with Gasteiger partial charge in [0.15, 0.2) is 0 Å². The van der Waals surface area contributed by atoms with Crippen molar-refractivity contribution in [3.63, 3.8) is 0 Å². The molecule has 0 N–H and O–H groups in total. The number of amides is 1. The zero-order chi connectivity index (χ0) is 24.0. The van der Waals surface area contributed by atoms with E-state index in [0.717, 1.165) is 12.1 Å². The van der Waals surface area contributed by atoms with Gasteiger partial charge in [-0.2, -0.15) is 13.2 Å². The summed E-state index contributed by atoms with van der Waals surface area (Å²) in [4.78, 5) is 15.0. The van der Waals surface area contributed by atoms with Gasteiger partial charge in [-0.3, -0.25) is 4.79 Å². The van der Waals surface area contributed by atoms with Gasteiger partial charge in [-0.05, 0) is 36.2 Å². The summed E-state index contributed by atoms with van der Waals surface area (Å²) in [5, 5.41) is 0.331. The molecule has 9 heteroatoms. The number of benzene rings is 3. The Bertz CT molecular complexity index is 1140. The third-order valence-electron chi connectivity index (χ3n) is 4.93. The van der Waals surface area contributed by atoms with Crippen molar-refractivity contribution in [1.82, 2.24) is 0 Å². The summed E-state index contributed by atoms with van der Waals surface area (Å²) in [5.41, 5.74) is 1.20. The van der Waals surface area contributed by atoms with Gasteiger partial charge in [0.05, 0.1) is 46.2 Å². The smallest absolute Gasteiger partial charge is 0.416 e. The van der Waals surface area contributed by atoms with E-state index in [4.69, 9.17) is 16.3 Å². The van der Waals surface area contributed by atoms with E-state index in [2.05, 4.69) is 3.21 Å². The summed E-state index contributed by atoms with van der Waals surface area (Å²) in [6.45, 7) is 0.166. The van der Waals surface area contributed by atoms with Crippen LogP contribution in [-0.2, 0) is 17.4 Å². The number of anilines is 1. The van der Waals surface area contributed by atoms with Crippen LogP contribution in [0.2, 0.25) is 5.02 Å². The third-order valence-corrected chi connectivity index (χ3v) is 5.73. The molecule has 3 rings (SSSR count). The van der Waals surface area contributed by atoms with Gasteiger partial charge < -0.3 is 9.64 Å². The van der Waals surface area contributed by atoms with E-state index in [-0.39, 0.29) is 12.3 Å². The maximum Gasteiger partial charge on any atom is 0.416 e. The fourth-order valence-electron chi connectivity index (χ4n) is 3.19. The lowest BCUT2D eigenvalue weighted by atomic mass is 10.1.